The second kappa shape index (κ2) is 11.6. The lowest BCUT2D eigenvalue weighted by Gasteiger charge is -2.29. The molecule has 0 spiro atoms. The second-order valence-corrected chi connectivity index (χ2v) is 7.42. The first-order chi connectivity index (χ1) is 15.3. The van der Waals surface area contributed by atoms with E-state index in [1.807, 2.05) is 0 Å². The van der Waals surface area contributed by atoms with Crippen LogP contribution in [0.1, 0.15) is 25.1 Å². The molecule has 0 fully saturated rings. The Balaban J connectivity index is 0.00000289. The van der Waals surface area contributed by atoms with Gasteiger partial charge in [0.2, 0.25) is 11.2 Å². The number of aromatic nitrogens is 1. The maximum atomic E-state index is 2.34. The molecule has 0 saturated carbocycles. The highest BCUT2D eigenvalue weighted by molar-refractivity contribution is 14.0. The van der Waals surface area contributed by atoms with Crippen LogP contribution >= 0.6 is 24.0 Å². The Hall–Kier alpha value is -2.92. The number of allylic oxidation sites excluding steroid dienone is 7. The van der Waals surface area contributed by atoms with E-state index in [2.05, 4.69) is 139 Å². The molecule has 0 aliphatic carbocycles. The predicted octanol–water partition coefficient (Wildman–Crippen LogP) is 7.33. The maximum absolute atomic E-state index is 2.34. The van der Waals surface area contributed by atoms with Crippen LogP contribution in [-0.4, -0.2) is 6.54 Å². The fourth-order valence-corrected chi connectivity index (χ4v) is 4.05. The van der Waals surface area contributed by atoms with Gasteiger partial charge >= 0.3 is 0 Å². The van der Waals surface area contributed by atoms with Crippen LogP contribution in [0.15, 0.2) is 109 Å². The smallest absolute Gasteiger partial charge is 0.212 e. The molecule has 0 unspecified atom stereocenters. The number of anilines is 1. The molecule has 1 aromatic heterocycles. The predicted molar refractivity (Wildman–Crippen MR) is 149 cm³/mol. The Morgan fingerprint density at radius 1 is 0.781 bits per heavy atom. The number of hydrogen-bond acceptors (Lipinski definition) is 1. The normalized spacial score (nSPS) is 14.7. The van der Waals surface area contributed by atoms with Gasteiger partial charge in [-0.25, -0.2) is 0 Å². The summed E-state index contributed by atoms with van der Waals surface area (Å²) in [5, 5.41) is 1.27. The summed E-state index contributed by atoms with van der Waals surface area (Å²) in [7, 11) is 0. The Morgan fingerprint density at radius 3 is 2.38 bits per heavy atom. The molecule has 1 aliphatic rings. The molecule has 0 saturated heterocycles. The van der Waals surface area contributed by atoms with Crippen LogP contribution in [0.5, 0.6) is 0 Å². The molecule has 4 rings (SSSR count). The summed E-state index contributed by atoms with van der Waals surface area (Å²) in [5.74, 6) is 0. The summed E-state index contributed by atoms with van der Waals surface area (Å²) in [5.41, 5.74) is 6.23. The molecule has 0 N–H and O–H groups in total. The molecular formula is C29H30IN2+. The Kier molecular flexibility index (Phi) is 8.63. The molecular weight excluding hydrogens is 503 g/mol. The van der Waals surface area contributed by atoms with Crippen LogP contribution in [-0.2, 0) is 6.54 Å². The summed E-state index contributed by atoms with van der Waals surface area (Å²) in [4.78, 5) is 2.34. The van der Waals surface area contributed by atoms with Crippen LogP contribution in [0.4, 0.5) is 5.69 Å². The van der Waals surface area contributed by atoms with E-state index < -0.39 is 0 Å². The molecule has 0 amide bonds. The molecule has 0 radical (unpaired) electrons. The lowest BCUT2D eigenvalue weighted by molar-refractivity contribution is -0.669. The summed E-state index contributed by atoms with van der Waals surface area (Å²) in [6.45, 7) is 6.27. The van der Waals surface area contributed by atoms with E-state index in [0.29, 0.717) is 0 Å². The van der Waals surface area contributed by atoms with Gasteiger partial charge in [0.15, 0.2) is 0 Å². The van der Waals surface area contributed by atoms with Crippen molar-refractivity contribution in [1.82, 2.24) is 0 Å². The molecule has 0 bridgehead atoms. The van der Waals surface area contributed by atoms with Crippen LogP contribution in [0, 0.1) is 0 Å². The Labute approximate surface area is 208 Å². The minimum Gasteiger partial charge on any atom is -0.341 e. The fourth-order valence-electron chi connectivity index (χ4n) is 4.05. The van der Waals surface area contributed by atoms with Crippen molar-refractivity contribution in [3.8, 4) is 0 Å². The van der Waals surface area contributed by atoms with Crippen molar-refractivity contribution in [2.24, 2.45) is 0 Å². The number of benzene rings is 2. The summed E-state index contributed by atoms with van der Waals surface area (Å²) < 4.78 is 2.34. The van der Waals surface area contributed by atoms with E-state index in [1.165, 1.54) is 33.5 Å². The zero-order valence-electron chi connectivity index (χ0n) is 18.7. The minimum atomic E-state index is 0. The summed E-state index contributed by atoms with van der Waals surface area (Å²) >= 11 is 0. The van der Waals surface area contributed by atoms with Gasteiger partial charge in [-0.15, -0.1) is 24.0 Å². The number of rotatable bonds is 6. The molecule has 32 heavy (non-hydrogen) atoms. The van der Waals surface area contributed by atoms with Crippen molar-refractivity contribution < 1.29 is 4.57 Å². The van der Waals surface area contributed by atoms with Crippen molar-refractivity contribution in [3.05, 3.63) is 120 Å². The lowest BCUT2D eigenvalue weighted by Crippen LogP contribution is -2.36. The number of likely N-dealkylation sites (N-methyl/N-ethyl adjacent to an activating group) is 1. The van der Waals surface area contributed by atoms with Crippen LogP contribution in [0.3, 0.4) is 0 Å². The van der Waals surface area contributed by atoms with E-state index in [0.717, 1.165) is 13.1 Å². The third-order valence-electron chi connectivity index (χ3n) is 5.56. The molecule has 2 nitrogen and oxygen atoms in total. The first kappa shape index (κ1) is 23.7. The zero-order valence-corrected chi connectivity index (χ0v) is 21.0. The van der Waals surface area contributed by atoms with Crippen molar-refractivity contribution in [1.29, 1.82) is 0 Å². The van der Waals surface area contributed by atoms with Crippen molar-refractivity contribution in [3.63, 3.8) is 0 Å². The molecule has 1 aliphatic heterocycles. The average molecular weight is 533 g/mol. The minimum absolute atomic E-state index is 0. The number of nitrogens with zero attached hydrogens (tertiary/aromatic N) is 2. The summed E-state index contributed by atoms with van der Waals surface area (Å²) in [6, 6.07) is 21.4. The van der Waals surface area contributed by atoms with Crippen molar-refractivity contribution >= 4 is 52.7 Å². The van der Waals surface area contributed by atoms with Gasteiger partial charge in [-0.2, -0.15) is 4.57 Å². The monoisotopic (exact) mass is 533 g/mol. The van der Waals surface area contributed by atoms with E-state index >= 15 is 0 Å². The number of para-hydroxylation sites is 2. The molecule has 162 valence electrons. The van der Waals surface area contributed by atoms with Crippen molar-refractivity contribution in [2.45, 2.75) is 20.4 Å². The number of pyridine rings is 1. The van der Waals surface area contributed by atoms with Gasteiger partial charge in [-0.1, -0.05) is 66.8 Å². The van der Waals surface area contributed by atoms with E-state index in [9.17, 15) is 0 Å². The molecule has 2 aromatic carbocycles. The highest BCUT2D eigenvalue weighted by atomic mass is 127. The third kappa shape index (κ3) is 5.28. The van der Waals surface area contributed by atoms with Gasteiger partial charge in [0.1, 0.15) is 6.54 Å². The molecule has 2 heterocycles. The van der Waals surface area contributed by atoms with Gasteiger partial charge in [0.25, 0.3) is 0 Å². The molecule has 0 atom stereocenters. The third-order valence-corrected chi connectivity index (χ3v) is 5.56. The topological polar surface area (TPSA) is 7.12 Å². The standard InChI is InChI=1S/C29H29N2.HI/c1-3-30-26(22-20-24-14-10-12-18-28(24)30)16-8-6-5-7-9-17-27-23-21-25-15-11-13-19-29(25)31(27)4-2;/h5-23H,3-4H2,1-2H3;1H/q+1;. The van der Waals surface area contributed by atoms with Gasteiger partial charge in [-0.05, 0) is 49.8 Å². The van der Waals surface area contributed by atoms with Gasteiger partial charge < -0.3 is 4.90 Å². The van der Waals surface area contributed by atoms with Gasteiger partial charge in [0, 0.05) is 41.5 Å². The zero-order chi connectivity index (χ0) is 21.5. The Morgan fingerprint density at radius 2 is 1.53 bits per heavy atom. The molecule has 3 heteroatoms. The highest BCUT2D eigenvalue weighted by Gasteiger charge is 2.14. The SMILES string of the molecule is CCN1/C(=C/C=C/C=C/C=C/c2ccc3ccccc3[n+]2CC)C=Cc2ccccc21.I. The fraction of sp³-hybridized carbons (Fsp3) is 0.138. The second-order valence-electron chi connectivity index (χ2n) is 7.42. The number of aryl methyl sites for hydroxylation is 1. The number of fused-ring (bicyclic) bond motifs is 2. The van der Waals surface area contributed by atoms with E-state index in [-0.39, 0.29) is 24.0 Å². The van der Waals surface area contributed by atoms with Crippen LogP contribution in [0.25, 0.3) is 23.1 Å². The summed E-state index contributed by atoms with van der Waals surface area (Å²) in [6.07, 6.45) is 19.1. The first-order valence-electron chi connectivity index (χ1n) is 11.0. The maximum Gasteiger partial charge on any atom is 0.212 e. The highest BCUT2D eigenvalue weighted by Crippen LogP contribution is 2.30. The lowest BCUT2D eigenvalue weighted by atomic mass is 10.1. The quantitative estimate of drug-likeness (QED) is 0.183. The first-order valence-corrected chi connectivity index (χ1v) is 11.0. The average Bonchev–Trinajstić information content (AvgIpc) is 2.82. The van der Waals surface area contributed by atoms with Gasteiger partial charge in [-0.3, -0.25) is 0 Å². The number of halogens is 1. The van der Waals surface area contributed by atoms with Gasteiger partial charge in [0.05, 0.1) is 0 Å². The van der Waals surface area contributed by atoms with E-state index in [4.69, 9.17) is 0 Å². The van der Waals surface area contributed by atoms with E-state index in [1.54, 1.807) is 0 Å². The number of hydrogen-bond donors (Lipinski definition) is 0. The van der Waals surface area contributed by atoms with Crippen molar-refractivity contribution in [2.75, 3.05) is 11.4 Å². The van der Waals surface area contributed by atoms with Crippen LogP contribution < -0.4 is 9.47 Å². The Bertz CT molecular complexity index is 1210. The van der Waals surface area contributed by atoms with Crippen LogP contribution in [0.2, 0.25) is 0 Å². The largest absolute Gasteiger partial charge is 0.341 e. The molecule has 3 aromatic rings.